The van der Waals surface area contributed by atoms with E-state index < -0.39 is 10.0 Å². The fourth-order valence-electron chi connectivity index (χ4n) is 1.75. The summed E-state index contributed by atoms with van der Waals surface area (Å²) in [6.07, 6.45) is 3.18. The highest BCUT2D eigenvalue weighted by molar-refractivity contribution is 7.94. The van der Waals surface area contributed by atoms with E-state index in [1.807, 2.05) is 20.9 Å². The van der Waals surface area contributed by atoms with Crippen molar-refractivity contribution in [3.8, 4) is 0 Å². The Morgan fingerprint density at radius 2 is 2.20 bits per heavy atom. The molecular formula is C12H18N4O2S2. The zero-order valence-corrected chi connectivity index (χ0v) is 13.3. The van der Waals surface area contributed by atoms with E-state index in [1.54, 1.807) is 16.9 Å². The van der Waals surface area contributed by atoms with E-state index in [2.05, 4.69) is 15.1 Å². The lowest BCUT2D eigenvalue weighted by Gasteiger charge is -2.02. The zero-order chi connectivity index (χ0) is 14.8. The van der Waals surface area contributed by atoms with Crippen molar-refractivity contribution in [2.75, 3.05) is 11.8 Å². The van der Waals surface area contributed by atoms with Crippen molar-refractivity contribution in [1.29, 1.82) is 0 Å². The molecule has 110 valence electrons. The molecule has 2 N–H and O–H groups in total. The number of hydrogen-bond donors (Lipinski definition) is 2. The van der Waals surface area contributed by atoms with E-state index >= 15 is 0 Å². The summed E-state index contributed by atoms with van der Waals surface area (Å²) in [5.74, 6) is 0. The molecule has 2 heterocycles. The predicted octanol–water partition coefficient (Wildman–Crippen LogP) is 1.79. The largest absolute Gasteiger partial charge is 0.315 e. The van der Waals surface area contributed by atoms with Crippen LogP contribution in [0.1, 0.15) is 17.4 Å². The van der Waals surface area contributed by atoms with Gasteiger partial charge in [-0.2, -0.15) is 5.10 Å². The minimum Gasteiger partial charge on any atom is -0.315 e. The van der Waals surface area contributed by atoms with E-state index in [-0.39, 0.29) is 0 Å². The number of thiophene rings is 1. The standard InChI is InChI=1S/C12H18N4O2S2/c1-4-16-8-10(6-14-16)15-20(17,18)12-5-9(2)11(19-12)7-13-3/h5-6,8,13,15H,4,7H2,1-3H3. The van der Waals surface area contributed by atoms with Gasteiger partial charge in [-0.3, -0.25) is 9.40 Å². The average Bonchev–Trinajstić information content (AvgIpc) is 2.97. The van der Waals surface area contributed by atoms with Crippen LogP contribution in [0.4, 0.5) is 5.69 Å². The van der Waals surface area contributed by atoms with Crippen molar-refractivity contribution >= 4 is 27.0 Å². The van der Waals surface area contributed by atoms with Crippen LogP contribution < -0.4 is 10.0 Å². The highest BCUT2D eigenvalue weighted by Gasteiger charge is 2.19. The first-order chi connectivity index (χ1) is 9.46. The molecule has 0 atom stereocenters. The minimum atomic E-state index is -3.54. The minimum absolute atomic E-state index is 0.324. The third-order valence-corrected chi connectivity index (χ3v) is 5.90. The zero-order valence-electron chi connectivity index (χ0n) is 11.7. The molecule has 8 heteroatoms. The first-order valence-electron chi connectivity index (χ1n) is 6.25. The van der Waals surface area contributed by atoms with Crippen LogP contribution in [0.3, 0.4) is 0 Å². The average molecular weight is 314 g/mol. The molecule has 6 nitrogen and oxygen atoms in total. The normalized spacial score (nSPS) is 11.8. The highest BCUT2D eigenvalue weighted by atomic mass is 32.2. The van der Waals surface area contributed by atoms with Crippen LogP contribution in [0.2, 0.25) is 0 Å². The Morgan fingerprint density at radius 3 is 2.80 bits per heavy atom. The number of hydrogen-bond acceptors (Lipinski definition) is 5. The molecule has 0 aliphatic rings. The van der Waals surface area contributed by atoms with E-state index in [9.17, 15) is 8.42 Å². The summed E-state index contributed by atoms with van der Waals surface area (Å²) in [6.45, 7) is 5.22. The maximum Gasteiger partial charge on any atom is 0.271 e. The van der Waals surface area contributed by atoms with Crippen LogP contribution in [-0.2, 0) is 23.1 Å². The molecule has 0 amide bonds. The van der Waals surface area contributed by atoms with Gasteiger partial charge in [-0.05, 0) is 32.5 Å². The van der Waals surface area contributed by atoms with E-state index in [1.165, 1.54) is 17.5 Å². The molecule has 0 radical (unpaired) electrons. The van der Waals surface area contributed by atoms with Gasteiger partial charge in [0.05, 0.1) is 11.9 Å². The molecule has 0 saturated carbocycles. The maximum atomic E-state index is 12.3. The van der Waals surface area contributed by atoms with Crippen LogP contribution in [0, 0.1) is 6.92 Å². The Morgan fingerprint density at radius 1 is 1.45 bits per heavy atom. The fraction of sp³-hybridized carbons (Fsp3) is 0.417. The van der Waals surface area contributed by atoms with Gasteiger partial charge in [-0.15, -0.1) is 11.3 Å². The topological polar surface area (TPSA) is 76.0 Å². The van der Waals surface area contributed by atoms with Gasteiger partial charge in [0.2, 0.25) is 0 Å². The van der Waals surface area contributed by atoms with Gasteiger partial charge in [0.25, 0.3) is 10.0 Å². The van der Waals surface area contributed by atoms with Crippen molar-refractivity contribution in [1.82, 2.24) is 15.1 Å². The summed E-state index contributed by atoms with van der Waals surface area (Å²) >= 11 is 1.28. The Balaban J connectivity index is 2.23. The van der Waals surface area contributed by atoms with Crippen LogP contribution in [0.15, 0.2) is 22.7 Å². The number of nitrogens with zero attached hydrogens (tertiary/aromatic N) is 2. The first-order valence-corrected chi connectivity index (χ1v) is 8.55. The molecule has 2 rings (SSSR count). The third kappa shape index (κ3) is 3.20. The first kappa shape index (κ1) is 15.0. The third-order valence-electron chi connectivity index (χ3n) is 2.81. The van der Waals surface area contributed by atoms with Crippen LogP contribution >= 0.6 is 11.3 Å². The lowest BCUT2D eigenvalue weighted by Crippen LogP contribution is -2.11. The van der Waals surface area contributed by atoms with Crippen molar-refractivity contribution in [2.45, 2.75) is 31.1 Å². The monoisotopic (exact) mass is 314 g/mol. The summed E-state index contributed by atoms with van der Waals surface area (Å²) in [5, 5.41) is 7.08. The molecule has 0 spiro atoms. The molecule has 2 aromatic rings. The Labute approximate surface area is 122 Å². The number of nitrogens with one attached hydrogen (secondary N) is 2. The lowest BCUT2D eigenvalue weighted by atomic mass is 10.3. The van der Waals surface area contributed by atoms with E-state index in [0.717, 1.165) is 10.4 Å². The number of aryl methyl sites for hydroxylation is 2. The molecule has 0 aliphatic carbocycles. The molecule has 0 aromatic carbocycles. The number of sulfonamides is 1. The maximum absolute atomic E-state index is 12.3. The highest BCUT2D eigenvalue weighted by Crippen LogP contribution is 2.27. The van der Waals surface area contributed by atoms with E-state index in [0.29, 0.717) is 23.0 Å². The van der Waals surface area contributed by atoms with Gasteiger partial charge in [0.1, 0.15) is 4.21 Å². The van der Waals surface area contributed by atoms with Gasteiger partial charge < -0.3 is 5.32 Å². The summed E-state index contributed by atoms with van der Waals surface area (Å²) in [5.41, 5.74) is 1.46. The number of rotatable bonds is 6. The molecule has 0 saturated heterocycles. The van der Waals surface area contributed by atoms with Crippen LogP contribution in [0.25, 0.3) is 0 Å². The Bertz CT molecular complexity index is 688. The number of aromatic nitrogens is 2. The van der Waals surface area contributed by atoms with Gasteiger partial charge >= 0.3 is 0 Å². The van der Waals surface area contributed by atoms with Gasteiger partial charge in [0, 0.05) is 24.2 Å². The van der Waals surface area contributed by atoms with E-state index in [4.69, 9.17) is 0 Å². The molecule has 2 aromatic heterocycles. The van der Waals surface area contributed by atoms with Crippen molar-refractivity contribution < 1.29 is 8.42 Å². The summed E-state index contributed by atoms with van der Waals surface area (Å²) in [6, 6.07) is 1.70. The fourth-order valence-corrected chi connectivity index (χ4v) is 4.38. The summed E-state index contributed by atoms with van der Waals surface area (Å²) < 4.78 is 29.2. The second-order valence-electron chi connectivity index (χ2n) is 4.39. The molecule has 20 heavy (non-hydrogen) atoms. The second-order valence-corrected chi connectivity index (χ2v) is 7.44. The van der Waals surface area contributed by atoms with Crippen molar-refractivity contribution in [3.05, 3.63) is 28.9 Å². The second kappa shape index (κ2) is 5.94. The molecular weight excluding hydrogens is 296 g/mol. The smallest absolute Gasteiger partial charge is 0.271 e. The molecule has 0 bridgehead atoms. The molecule has 0 unspecified atom stereocenters. The molecule has 0 aliphatic heterocycles. The quantitative estimate of drug-likeness (QED) is 0.852. The van der Waals surface area contributed by atoms with Crippen molar-refractivity contribution in [2.24, 2.45) is 0 Å². The summed E-state index contributed by atoms with van der Waals surface area (Å²) in [4.78, 5) is 1.03. The van der Waals surface area contributed by atoms with Crippen LogP contribution in [0.5, 0.6) is 0 Å². The van der Waals surface area contributed by atoms with Crippen LogP contribution in [-0.4, -0.2) is 25.2 Å². The van der Waals surface area contributed by atoms with Gasteiger partial charge in [-0.25, -0.2) is 8.42 Å². The van der Waals surface area contributed by atoms with Gasteiger partial charge in [0.15, 0.2) is 0 Å². The van der Waals surface area contributed by atoms with Gasteiger partial charge in [-0.1, -0.05) is 0 Å². The summed E-state index contributed by atoms with van der Waals surface area (Å²) in [7, 11) is -1.70. The lowest BCUT2D eigenvalue weighted by molar-refractivity contribution is 0.603. The molecule has 0 fully saturated rings. The number of anilines is 1. The Hall–Kier alpha value is -1.38. The van der Waals surface area contributed by atoms with Crippen molar-refractivity contribution in [3.63, 3.8) is 0 Å². The SMILES string of the molecule is CCn1cc(NS(=O)(=O)c2cc(C)c(CNC)s2)cn1. The predicted molar refractivity (Wildman–Crippen MR) is 80.5 cm³/mol. The Kier molecular flexibility index (Phi) is 4.46.